The monoisotopic (exact) mass is 358 g/mol. The van der Waals surface area contributed by atoms with Gasteiger partial charge in [-0.05, 0) is 18.3 Å². The number of esters is 1. The number of carbonyl (C=O) groups excluding carboxylic acids is 1. The molecular formula is C16H22O9. The number of fused-ring (bicyclic) bond motifs is 2. The van der Waals surface area contributed by atoms with Crippen molar-refractivity contribution in [3.05, 3.63) is 11.8 Å². The van der Waals surface area contributed by atoms with Crippen molar-refractivity contribution < 1.29 is 44.2 Å². The van der Waals surface area contributed by atoms with Crippen LogP contribution in [0.5, 0.6) is 0 Å². The van der Waals surface area contributed by atoms with Gasteiger partial charge < -0.3 is 39.4 Å². The lowest BCUT2D eigenvalue weighted by atomic mass is 9.94. The second-order valence-electron chi connectivity index (χ2n) is 7.13. The van der Waals surface area contributed by atoms with Crippen LogP contribution in [-0.2, 0) is 23.7 Å². The Morgan fingerprint density at radius 2 is 1.96 bits per heavy atom. The number of carbonyl (C=O) groups is 1. The largest absolute Gasteiger partial charge is 0.434 e. The fraction of sp³-hybridized carbons (Fsp3) is 0.812. The van der Waals surface area contributed by atoms with Crippen LogP contribution in [0.2, 0.25) is 0 Å². The van der Waals surface area contributed by atoms with Gasteiger partial charge in [0.05, 0.1) is 24.9 Å². The highest BCUT2D eigenvalue weighted by Crippen LogP contribution is 2.52. The second kappa shape index (κ2) is 6.27. The average Bonchev–Trinajstić information content (AvgIpc) is 3.10. The minimum atomic E-state index is -1.54. The zero-order chi connectivity index (χ0) is 17.9. The van der Waals surface area contributed by atoms with Crippen LogP contribution >= 0.6 is 0 Å². The van der Waals surface area contributed by atoms with Crippen LogP contribution < -0.4 is 0 Å². The van der Waals surface area contributed by atoms with E-state index in [4.69, 9.17) is 18.9 Å². The molecule has 9 nitrogen and oxygen atoms in total. The van der Waals surface area contributed by atoms with Gasteiger partial charge in [0.1, 0.15) is 24.4 Å². The van der Waals surface area contributed by atoms with Crippen LogP contribution in [-0.4, -0.2) is 76.1 Å². The van der Waals surface area contributed by atoms with Gasteiger partial charge in [-0.15, -0.1) is 0 Å². The zero-order valence-electron chi connectivity index (χ0n) is 13.6. The predicted octanol–water partition coefficient (Wildman–Crippen LogP) is -1.76. The lowest BCUT2D eigenvalue weighted by Gasteiger charge is -2.40. The first-order valence-corrected chi connectivity index (χ1v) is 8.44. The summed E-state index contributed by atoms with van der Waals surface area (Å²) in [7, 11) is 0. The van der Waals surface area contributed by atoms with Crippen molar-refractivity contribution in [3.8, 4) is 0 Å². The Morgan fingerprint density at radius 3 is 2.68 bits per heavy atom. The molecule has 3 aliphatic heterocycles. The number of ether oxygens (including phenoxy) is 4. The van der Waals surface area contributed by atoms with Crippen LogP contribution in [0.25, 0.3) is 0 Å². The molecule has 3 heterocycles. The van der Waals surface area contributed by atoms with Gasteiger partial charge in [0.15, 0.2) is 12.6 Å². The van der Waals surface area contributed by atoms with Crippen LogP contribution in [0.3, 0.4) is 0 Å². The molecule has 4 N–H and O–H groups in total. The fourth-order valence-electron chi connectivity index (χ4n) is 3.86. The van der Waals surface area contributed by atoms with Crippen molar-refractivity contribution in [2.24, 2.45) is 17.8 Å². The number of hydrogen-bond acceptors (Lipinski definition) is 9. The molecule has 1 saturated carbocycles. The minimum Gasteiger partial charge on any atom is -0.434 e. The normalized spacial score (nSPS) is 51.9. The summed E-state index contributed by atoms with van der Waals surface area (Å²) < 4.78 is 22.0. The van der Waals surface area contributed by atoms with Crippen LogP contribution in [0, 0.1) is 17.8 Å². The number of cyclic esters (lactones) is 1. The van der Waals surface area contributed by atoms with Gasteiger partial charge in [-0.25, -0.2) is 0 Å². The summed E-state index contributed by atoms with van der Waals surface area (Å²) >= 11 is 0. The fourth-order valence-corrected chi connectivity index (χ4v) is 3.86. The molecule has 5 unspecified atom stereocenters. The summed E-state index contributed by atoms with van der Waals surface area (Å²) in [6.45, 7) is 1.47. The topological polar surface area (TPSA) is 135 Å². The van der Waals surface area contributed by atoms with Gasteiger partial charge in [-0.3, -0.25) is 4.79 Å². The SMILES string of the molecule is CC1C2CC3C(=O)OC=C3C(O[C@@H]3O[C@H](CO)[C@@H](O)[C@H](O)[C@H]3O)OC12. The van der Waals surface area contributed by atoms with Crippen LogP contribution in [0.15, 0.2) is 11.8 Å². The Labute approximate surface area is 143 Å². The molecule has 0 aromatic rings. The molecule has 2 saturated heterocycles. The van der Waals surface area contributed by atoms with Crippen LogP contribution in [0.1, 0.15) is 13.3 Å². The summed E-state index contributed by atoms with van der Waals surface area (Å²) in [5.41, 5.74) is 0.515. The maximum absolute atomic E-state index is 12.0. The molecule has 4 aliphatic rings. The standard InChI is InChI=1S/C16H22O9/c1-5-6-2-7-8(4-22-14(7)21)15(24-13(5)6)25-16-12(20)11(19)10(18)9(3-17)23-16/h4-7,9-13,15-20H,2-3H2,1H3/t5?,6?,7?,9-,10-,11+,12-,13?,15?,16+/m1/s1. The average molecular weight is 358 g/mol. The second-order valence-corrected chi connectivity index (χ2v) is 7.13. The van der Waals surface area contributed by atoms with Crippen molar-refractivity contribution in [2.45, 2.75) is 56.4 Å². The molecule has 0 amide bonds. The smallest absolute Gasteiger partial charge is 0.318 e. The summed E-state index contributed by atoms with van der Waals surface area (Å²) in [4.78, 5) is 12.0. The molecule has 25 heavy (non-hydrogen) atoms. The molecule has 140 valence electrons. The minimum absolute atomic E-state index is 0.0609. The van der Waals surface area contributed by atoms with E-state index in [9.17, 15) is 25.2 Å². The zero-order valence-corrected chi connectivity index (χ0v) is 13.6. The first-order valence-electron chi connectivity index (χ1n) is 8.44. The highest BCUT2D eigenvalue weighted by molar-refractivity contribution is 5.79. The third-order valence-corrected chi connectivity index (χ3v) is 5.64. The Balaban J connectivity index is 1.53. The van der Waals surface area contributed by atoms with Gasteiger partial charge in [0.2, 0.25) is 0 Å². The quantitative estimate of drug-likeness (QED) is 0.433. The van der Waals surface area contributed by atoms with E-state index in [2.05, 4.69) is 0 Å². The molecule has 0 bridgehead atoms. The molecule has 3 fully saturated rings. The van der Waals surface area contributed by atoms with E-state index in [-0.39, 0.29) is 23.9 Å². The molecule has 4 rings (SSSR count). The van der Waals surface area contributed by atoms with E-state index >= 15 is 0 Å². The molecular weight excluding hydrogens is 336 g/mol. The third kappa shape index (κ3) is 2.80. The van der Waals surface area contributed by atoms with E-state index in [0.717, 1.165) is 0 Å². The van der Waals surface area contributed by atoms with Gasteiger partial charge in [0.25, 0.3) is 0 Å². The van der Waals surface area contributed by atoms with E-state index in [1.807, 2.05) is 6.92 Å². The molecule has 10 atom stereocenters. The summed E-state index contributed by atoms with van der Waals surface area (Å²) in [5.74, 6) is -0.297. The Morgan fingerprint density at radius 1 is 1.20 bits per heavy atom. The first kappa shape index (κ1) is 17.3. The Hall–Kier alpha value is -1.07. The van der Waals surface area contributed by atoms with E-state index in [1.54, 1.807) is 0 Å². The Bertz CT molecular complexity index is 576. The summed E-state index contributed by atoms with van der Waals surface area (Å²) in [6, 6.07) is 0. The van der Waals surface area contributed by atoms with E-state index < -0.39 is 49.5 Å². The number of aliphatic hydroxyl groups is 4. The molecule has 9 heteroatoms. The lowest BCUT2D eigenvalue weighted by Crippen LogP contribution is -2.59. The molecule has 1 aliphatic carbocycles. The van der Waals surface area contributed by atoms with Crippen molar-refractivity contribution in [2.75, 3.05) is 6.61 Å². The molecule has 0 radical (unpaired) electrons. The Kier molecular flexibility index (Phi) is 4.35. The highest BCUT2D eigenvalue weighted by Gasteiger charge is 2.57. The highest BCUT2D eigenvalue weighted by atomic mass is 16.8. The third-order valence-electron chi connectivity index (χ3n) is 5.64. The van der Waals surface area contributed by atoms with Gasteiger partial charge in [-0.2, -0.15) is 0 Å². The van der Waals surface area contributed by atoms with E-state index in [0.29, 0.717) is 12.0 Å². The van der Waals surface area contributed by atoms with Crippen molar-refractivity contribution in [1.29, 1.82) is 0 Å². The van der Waals surface area contributed by atoms with Gasteiger partial charge in [0, 0.05) is 5.57 Å². The maximum atomic E-state index is 12.0. The molecule has 0 aromatic carbocycles. The maximum Gasteiger partial charge on any atom is 0.318 e. The molecule has 0 spiro atoms. The summed E-state index contributed by atoms with van der Waals surface area (Å²) in [6.07, 6.45) is -6.06. The number of aliphatic hydroxyl groups excluding tert-OH is 4. The lowest BCUT2D eigenvalue weighted by molar-refractivity contribution is -0.332. The van der Waals surface area contributed by atoms with Crippen molar-refractivity contribution >= 4 is 5.97 Å². The summed E-state index contributed by atoms with van der Waals surface area (Å²) in [5, 5.41) is 39.1. The van der Waals surface area contributed by atoms with Crippen molar-refractivity contribution in [3.63, 3.8) is 0 Å². The molecule has 0 aromatic heterocycles. The first-order chi connectivity index (χ1) is 11.9. The number of hydrogen-bond donors (Lipinski definition) is 4. The van der Waals surface area contributed by atoms with Gasteiger partial charge >= 0.3 is 5.97 Å². The number of rotatable bonds is 3. The van der Waals surface area contributed by atoms with E-state index in [1.165, 1.54) is 6.26 Å². The van der Waals surface area contributed by atoms with Gasteiger partial charge in [-0.1, -0.05) is 6.92 Å². The van der Waals surface area contributed by atoms with Crippen molar-refractivity contribution in [1.82, 2.24) is 0 Å². The predicted molar refractivity (Wildman–Crippen MR) is 78.4 cm³/mol. The van der Waals surface area contributed by atoms with Crippen LogP contribution in [0.4, 0.5) is 0 Å².